The zero-order valence-electron chi connectivity index (χ0n) is 10.6. The predicted molar refractivity (Wildman–Crippen MR) is 67.0 cm³/mol. The summed E-state index contributed by atoms with van der Waals surface area (Å²) < 4.78 is 42.5. The van der Waals surface area contributed by atoms with Gasteiger partial charge in [0, 0.05) is 6.20 Å². The summed E-state index contributed by atoms with van der Waals surface area (Å²) in [6, 6.07) is 7.20. The summed E-state index contributed by atoms with van der Waals surface area (Å²) in [6.45, 7) is -0.0740. The molecular formula is C14H10F3NO3. The molecule has 110 valence electrons. The molecule has 0 spiro atoms. The lowest BCUT2D eigenvalue weighted by Crippen LogP contribution is -2.06. The third-order valence-corrected chi connectivity index (χ3v) is 2.66. The lowest BCUT2D eigenvalue weighted by Gasteiger charge is -2.09. The highest BCUT2D eigenvalue weighted by molar-refractivity contribution is 5.90. The Morgan fingerprint density at radius 3 is 2.43 bits per heavy atom. The van der Waals surface area contributed by atoms with Crippen LogP contribution in [0.25, 0.3) is 0 Å². The standard InChI is InChI=1S/C14H10F3NO3/c15-14(16,17)10-5-3-9(4-6-10)8-21-12-11(13(19)20)2-1-7-18-12/h1-7H,8H2,(H,19,20). The summed E-state index contributed by atoms with van der Waals surface area (Å²) in [4.78, 5) is 14.7. The summed E-state index contributed by atoms with van der Waals surface area (Å²) in [5.74, 6) is -1.27. The lowest BCUT2D eigenvalue weighted by atomic mass is 10.1. The number of hydrogen-bond donors (Lipinski definition) is 1. The number of hydrogen-bond acceptors (Lipinski definition) is 3. The van der Waals surface area contributed by atoms with E-state index in [0.29, 0.717) is 5.56 Å². The van der Waals surface area contributed by atoms with Gasteiger partial charge >= 0.3 is 12.1 Å². The summed E-state index contributed by atoms with van der Waals surface area (Å²) in [5.41, 5.74) is -0.385. The van der Waals surface area contributed by atoms with Gasteiger partial charge in [-0.05, 0) is 29.8 Å². The Balaban J connectivity index is 2.09. The minimum atomic E-state index is -4.39. The van der Waals surface area contributed by atoms with E-state index < -0.39 is 17.7 Å². The first-order chi connectivity index (χ1) is 9.88. The van der Waals surface area contributed by atoms with Crippen LogP contribution in [0.2, 0.25) is 0 Å². The van der Waals surface area contributed by atoms with Crippen molar-refractivity contribution in [1.29, 1.82) is 0 Å². The van der Waals surface area contributed by atoms with Crippen molar-refractivity contribution in [2.75, 3.05) is 0 Å². The van der Waals surface area contributed by atoms with Crippen LogP contribution in [0.15, 0.2) is 42.6 Å². The summed E-state index contributed by atoms with van der Waals surface area (Å²) in [6.07, 6.45) is -3.02. The van der Waals surface area contributed by atoms with Gasteiger partial charge < -0.3 is 9.84 Å². The van der Waals surface area contributed by atoms with E-state index in [1.165, 1.54) is 30.5 Å². The van der Waals surface area contributed by atoms with Gasteiger partial charge in [-0.1, -0.05) is 12.1 Å². The number of nitrogens with zero attached hydrogens (tertiary/aromatic N) is 1. The van der Waals surface area contributed by atoms with E-state index in [9.17, 15) is 18.0 Å². The number of carbonyl (C=O) groups is 1. The van der Waals surface area contributed by atoms with Gasteiger partial charge in [0.1, 0.15) is 12.2 Å². The minimum Gasteiger partial charge on any atom is -0.477 e. The first-order valence-corrected chi connectivity index (χ1v) is 5.85. The third-order valence-electron chi connectivity index (χ3n) is 2.66. The topological polar surface area (TPSA) is 59.4 Å². The van der Waals surface area contributed by atoms with Crippen molar-refractivity contribution < 1.29 is 27.8 Å². The largest absolute Gasteiger partial charge is 0.477 e. The van der Waals surface area contributed by atoms with Gasteiger partial charge in [-0.3, -0.25) is 0 Å². The first-order valence-electron chi connectivity index (χ1n) is 5.85. The molecule has 0 aliphatic rings. The van der Waals surface area contributed by atoms with Gasteiger partial charge in [0.05, 0.1) is 5.56 Å². The first kappa shape index (κ1) is 14.8. The van der Waals surface area contributed by atoms with Crippen molar-refractivity contribution >= 4 is 5.97 Å². The van der Waals surface area contributed by atoms with Crippen molar-refractivity contribution in [1.82, 2.24) is 4.98 Å². The lowest BCUT2D eigenvalue weighted by molar-refractivity contribution is -0.137. The molecule has 1 heterocycles. The number of benzene rings is 1. The Bertz CT molecular complexity index is 639. The predicted octanol–water partition coefficient (Wildman–Crippen LogP) is 3.38. The highest BCUT2D eigenvalue weighted by Gasteiger charge is 2.29. The number of halogens is 3. The van der Waals surface area contributed by atoms with E-state index in [4.69, 9.17) is 9.84 Å². The van der Waals surface area contributed by atoms with Crippen LogP contribution in [0.4, 0.5) is 13.2 Å². The Morgan fingerprint density at radius 1 is 1.19 bits per heavy atom. The molecule has 0 saturated carbocycles. The summed E-state index contributed by atoms with van der Waals surface area (Å²) in [7, 11) is 0. The highest BCUT2D eigenvalue weighted by Crippen LogP contribution is 2.29. The summed E-state index contributed by atoms with van der Waals surface area (Å²) >= 11 is 0. The molecule has 0 bridgehead atoms. The number of alkyl halides is 3. The van der Waals surface area contributed by atoms with Crippen LogP contribution in [0.5, 0.6) is 5.88 Å². The zero-order valence-corrected chi connectivity index (χ0v) is 10.6. The number of carboxylic acids is 1. The highest BCUT2D eigenvalue weighted by atomic mass is 19.4. The van der Waals surface area contributed by atoms with Crippen molar-refractivity contribution in [3.63, 3.8) is 0 Å². The quantitative estimate of drug-likeness (QED) is 0.940. The molecule has 2 aromatic rings. The Morgan fingerprint density at radius 2 is 1.86 bits per heavy atom. The molecule has 0 radical (unpaired) electrons. The van der Waals surface area contributed by atoms with Gasteiger partial charge in [-0.15, -0.1) is 0 Å². The second kappa shape index (κ2) is 5.82. The third kappa shape index (κ3) is 3.71. The molecule has 2 rings (SSSR count). The number of aromatic carboxylic acids is 1. The maximum atomic E-state index is 12.4. The fourth-order valence-corrected chi connectivity index (χ4v) is 1.61. The molecule has 1 aromatic carbocycles. The monoisotopic (exact) mass is 297 g/mol. The van der Waals surface area contributed by atoms with E-state index in [1.54, 1.807) is 0 Å². The van der Waals surface area contributed by atoms with Gasteiger partial charge in [0.2, 0.25) is 5.88 Å². The van der Waals surface area contributed by atoms with Crippen molar-refractivity contribution in [3.8, 4) is 5.88 Å². The van der Waals surface area contributed by atoms with Crippen LogP contribution in [-0.2, 0) is 12.8 Å². The number of aromatic nitrogens is 1. The Labute approximate surface area is 117 Å². The van der Waals surface area contributed by atoms with Crippen molar-refractivity contribution in [2.24, 2.45) is 0 Å². The van der Waals surface area contributed by atoms with E-state index in [-0.39, 0.29) is 18.1 Å². The molecule has 0 amide bonds. The molecule has 21 heavy (non-hydrogen) atoms. The Hall–Kier alpha value is -2.57. The second-order valence-electron chi connectivity index (χ2n) is 4.14. The van der Waals surface area contributed by atoms with Gasteiger partial charge in [-0.2, -0.15) is 13.2 Å². The number of pyridine rings is 1. The smallest absolute Gasteiger partial charge is 0.416 e. The molecule has 0 fully saturated rings. The number of carboxylic acid groups (broad SMARTS) is 1. The van der Waals surface area contributed by atoms with E-state index >= 15 is 0 Å². The van der Waals surface area contributed by atoms with Gasteiger partial charge in [0.25, 0.3) is 0 Å². The van der Waals surface area contributed by atoms with Gasteiger partial charge in [-0.25, -0.2) is 9.78 Å². The van der Waals surface area contributed by atoms with Crippen LogP contribution in [0.1, 0.15) is 21.5 Å². The number of ether oxygens (including phenoxy) is 1. The van der Waals surface area contributed by atoms with Crippen LogP contribution < -0.4 is 4.74 Å². The summed E-state index contributed by atoms with van der Waals surface area (Å²) in [5, 5.41) is 8.94. The molecule has 0 aliphatic heterocycles. The molecule has 0 saturated heterocycles. The molecular weight excluding hydrogens is 287 g/mol. The van der Waals surface area contributed by atoms with E-state index in [1.807, 2.05) is 0 Å². The average molecular weight is 297 g/mol. The van der Waals surface area contributed by atoms with Gasteiger partial charge in [0.15, 0.2) is 0 Å². The fourth-order valence-electron chi connectivity index (χ4n) is 1.61. The maximum absolute atomic E-state index is 12.4. The van der Waals surface area contributed by atoms with Crippen molar-refractivity contribution in [2.45, 2.75) is 12.8 Å². The molecule has 1 N–H and O–H groups in total. The second-order valence-corrected chi connectivity index (χ2v) is 4.14. The zero-order chi connectivity index (χ0) is 15.5. The van der Waals surface area contributed by atoms with Crippen LogP contribution in [-0.4, -0.2) is 16.1 Å². The minimum absolute atomic E-state index is 0.0740. The molecule has 0 aliphatic carbocycles. The maximum Gasteiger partial charge on any atom is 0.416 e. The molecule has 4 nitrogen and oxygen atoms in total. The molecule has 7 heteroatoms. The molecule has 1 aromatic heterocycles. The van der Waals surface area contributed by atoms with Crippen LogP contribution in [0, 0.1) is 0 Å². The van der Waals surface area contributed by atoms with Crippen LogP contribution in [0.3, 0.4) is 0 Å². The Kier molecular flexibility index (Phi) is 4.11. The molecule has 0 atom stereocenters. The number of rotatable bonds is 4. The van der Waals surface area contributed by atoms with Crippen molar-refractivity contribution in [3.05, 3.63) is 59.3 Å². The fraction of sp³-hybridized carbons (Fsp3) is 0.143. The van der Waals surface area contributed by atoms with E-state index in [0.717, 1.165) is 12.1 Å². The molecule has 0 unspecified atom stereocenters. The van der Waals surface area contributed by atoms with Crippen LogP contribution >= 0.6 is 0 Å². The van der Waals surface area contributed by atoms with E-state index in [2.05, 4.69) is 4.98 Å². The average Bonchev–Trinajstić information content (AvgIpc) is 2.45. The normalized spacial score (nSPS) is 11.2. The SMILES string of the molecule is O=C(O)c1cccnc1OCc1ccc(C(F)(F)F)cc1.